The number of aliphatic hydroxyl groups excluding tert-OH is 1. The summed E-state index contributed by atoms with van der Waals surface area (Å²) in [6.07, 6.45) is 1.81. The van der Waals surface area contributed by atoms with E-state index in [9.17, 15) is 5.11 Å². The molecule has 17 heavy (non-hydrogen) atoms. The van der Waals surface area contributed by atoms with Crippen LogP contribution in [0.2, 0.25) is 0 Å². The van der Waals surface area contributed by atoms with E-state index in [-0.39, 0.29) is 0 Å². The number of methoxy groups -OCH3 is 2. The number of ether oxygens (including phenoxy) is 2. The summed E-state index contributed by atoms with van der Waals surface area (Å²) in [7, 11) is 3.19. The number of hydrogen-bond donors (Lipinski definition) is 1. The predicted molar refractivity (Wildman–Crippen MR) is 65.8 cm³/mol. The molecule has 0 amide bonds. The molecule has 1 aliphatic rings. The van der Waals surface area contributed by atoms with Crippen LogP contribution in [0.4, 0.5) is 0 Å². The summed E-state index contributed by atoms with van der Waals surface area (Å²) in [5.74, 6) is -0.421. The Balaban J connectivity index is 2.10. The van der Waals surface area contributed by atoms with Crippen LogP contribution < -0.4 is 0 Å². The van der Waals surface area contributed by atoms with Crippen LogP contribution in [-0.4, -0.2) is 31.2 Å². The number of rotatable bonds is 3. The number of aliphatic hydroxyl groups is 1. The second-order valence-electron chi connectivity index (χ2n) is 4.62. The van der Waals surface area contributed by atoms with Gasteiger partial charge in [0.15, 0.2) is 5.79 Å². The van der Waals surface area contributed by atoms with Gasteiger partial charge in [-0.2, -0.15) is 0 Å². The van der Waals surface area contributed by atoms with Crippen LogP contribution in [0.25, 0.3) is 0 Å². The molecule has 1 fully saturated rings. The highest BCUT2D eigenvalue weighted by molar-refractivity contribution is 5.20. The molecular formula is C14H20O3. The Morgan fingerprint density at radius 3 is 2.35 bits per heavy atom. The van der Waals surface area contributed by atoms with E-state index in [4.69, 9.17) is 9.47 Å². The van der Waals surface area contributed by atoms with Crippen LogP contribution in [0.1, 0.15) is 30.7 Å². The first-order chi connectivity index (χ1) is 8.22. The van der Waals surface area contributed by atoms with Gasteiger partial charge in [-0.05, 0) is 24.3 Å². The minimum atomic E-state index is -0.814. The van der Waals surface area contributed by atoms with Crippen LogP contribution in [-0.2, 0) is 9.47 Å². The highest BCUT2D eigenvalue weighted by atomic mass is 16.7. The summed E-state index contributed by atoms with van der Waals surface area (Å²) in [5.41, 5.74) is 1.28. The lowest BCUT2D eigenvalue weighted by atomic mass is 9.79. The van der Waals surface area contributed by atoms with Gasteiger partial charge in [0, 0.05) is 20.6 Å². The molecule has 0 spiro atoms. The van der Waals surface area contributed by atoms with E-state index in [1.165, 1.54) is 5.56 Å². The van der Waals surface area contributed by atoms with Crippen molar-refractivity contribution in [3.8, 4) is 0 Å². The van der Waals surface area contributed by atoms with E-state index >= 15 is 0 Å². The van der Waals surface area contributed by atoms with Crippen LogP contribution in [0.5, 0.6) is 0 Å². The Kier molecular flexibility index (Phi) is 3.82. The maximum absolute atomic E-state index is 10.2. The Bertz CT molecular complexity index is 346. The lowest BCUT2D eigenvalue weighted by Crippen LogP contribution is -2.49. The van der Waals surface area contributed by atoms with Gasteiger partial charge in [-0.25, -0.2) is 0 Å². The van der Waals surface area contributed by atoms with Gasteiger partial charge in [0.25, 0.3) is 0 Å². The van der Waals surface area contributed by atoms with Gasteiger partial charge >= 0.3 is 0 Å². The Morgan fingerprint density at radius 2 is 1.82 bits per heavy atom. The van der Waals surface area contributed by atoms with E-state index in [2.05, 4.69) is 12.1 Å². The quantitative estimate of drug-likeness (QED) is 0.818. The fourth-order valence-electron chi connectivity index (χ4n) is 2.70. The number of hydrogen-bond acceptors (Lipinski definition) is 3. The van der Waals surface area contributed by atoms with Gasteiger partial charge in [-0.3, -0.25) is 0 Å². The molecule has 2 atom stereocenters. The third-order valence-corrected chi connectivity index (χ3v) is 3.82. The summed E-state index contributed by atoms with van der Waals surface area (Å²) in [6, 6.07) is 10.3. The van der Waals surface area contributed by atoms with Gasteiger partial charge in [0.05, 0.1) is 0 Å². The average molecular weight is 236 g/mol. The molecule has 0 aliphatic heterocycles. The van der Waals surface area contributed by atoms with Crippen molar-refractivity contribution in [2.24, 2.45) is 0 Å². The second-order valence-corrected chi connectivity index (χ2v) is 4.62. The molecule has 0 aromatic heterocycles. The van der Waals surface area contributed by atoms with Crippen molar-refractivity contribution in [3.63, 3.8) is 0 Å². The fraction of sp³-hybridized carbons (Fsp3) is 0.571. The van der Waals surface area contributed by atoms with Crippen LogP contribution in [0.15, 0.2) is 30.3 Å². The lowest BCUT2D eigenvalue weighted by molar-refractivity contribution is -0.274. The minimum Gasteiger partial charge on any atom is -0.387 e. The molecule has 3 nitrogen and oxygen atoms in total. The van der Waals surface area contributed by atoms with E-state index in [0.29, 0.717) is 12.3 Å². The Morgan fingerprint density at radius 1 is 1.18 bits per heavy atom. The molecule has 1 saturated carbocycles. The summed E-state index contributed by atoms with van der Waals surface area (Å²) >= 11 is 0. The van der Waals surface area contributed by atoms with Gasteiger partial charge in [0.1, 0.15) is 6.10 Å². The molecule has 1 aliphatic carbocycles. The SMILES string of the molecule is COC1(OC)CC[C@H](c2ccccc2)C[C@@H]1O. The summed E-state index contributed by atoms with van der Waals surface area (Å²) in [5, 5.41) is 10.2. The van der Waals surface area contributed by atoms with E-state index in [1.807, 2.05) is 18.2 Å². The molecule has 0 heterocycles. The zero-order chi connectivity index (χ0) is 12.3. The van der Waals surface area contributed by atoms with Crippen molar-refractivity contribution in [2.75, 3.05) is 14.2 Å². The summed E-state index contributed by atoms with van der Waals surface area (Å²) in [4.78, 5) is 0. The van der Waals surface area contributed by atoms with E-state index < -0.39 is 11.9 Å². The standard InChI is InChI=1S/C14H20O3/c1-16-14(17-2)9-8-12(10-13(14)15)11-6-4-3-5-7-11/h3-7,12-13,15H,8-10H2,1-2H3/t12-,13-/m0/s1. The minimum absolute atomic E-state index is 0.393. The highest BCUT2D eigenvalue weighted by Crippen LogP contribution is 2.40. The molecule has 0 radical (unpaired) electrons. The molecular weight excluding hydrogens is 216 g/mol. The zero-order valence-electron chi connectivity index (χ0n) is 10.4. The molecule has 0 saturated heterocycles. The second kappa shape index (κ2) is 5.17. The maximum Gasteiger partial charge on any atom is 0.193 e. The number of benzene rings is 1. The van der Waals surface area contributed by atoms with Crippen molar-refractivity contribution in [3.05, 3.63) is 35.9 Å². The van der Waals surface area contributed by atoms with Crippen LogP contribution in [0, 0.1) is 0 Å². The summed E-state index contributed by atoms with van der Waals surface area (Å²) in [6.45, 7) is 0. The monoisotopic (exact) mass is 236 g/mol. The van der Waals surface area contributed by atoms with Crippen molar-refractivity contribution >= 4 is 0 Å². The zero-order valence-corrected chi connectivity index (χ0v) is 10.4. The van der Waals surface area contributed by atoms with Crippen molar-refractivity contribution in [2.45, 2.75) is 37.1 Å². The first-order valence-electron chi connectivity index (χ1n) is 6.05. The first kappa shape index (κ1) is 12.6. The van der Waals surface area contributed by atoms with E-state index in [0.717, 1.165) is 12.8 Å². The smallest absolute Gasteiger partial charge is 0.193 e. The van der Waals surface area contributed by atoms with Crippen molar-refractivity contribution in [1.29, 1.82) is 0 Å². The molecule has 1 aromatic rings. The molecule has 3 heteroatoms. The Hall–Kier alpha value is -0.900. The molecule has 94 valence electrons. The third kappa shape index (κ3) is 2.37. The summed E-state index contributed by atoms with van der Waals surface area (Å²) < 4.78 is 10.7. The van der Waals surface area contributed by atoms with Gasteiger partial charge in [-0.1, -0.05) is 30.3 Å². The average Bonchev–Trinajstić information content (AvgIpc) is 2.40. The molecule has 1 aromatic carbocycles. The largest absolute Gasteiger partial charge is 0.387 e. The molecule has 0 unspecified atom stereocenters. The lowest BCUT2D eigenvalue weighted by Gasteiger charge is -2.41. The van der Waals surface area contributed by atoms with Crippen LogP contribution in [0.3, 0.4) is 0 Å². The fourth-order valence-corrected chi connectivity index (χ4v) is 2.70. The molecule has 2 rings (SSSR count). The normalized spacial score (nSPS) is 27.9. The Labute approximate surface area is 102 Å². The first-order valence-corrected chi connectivity index (χ1v) is 6.05. The van der Waals surface area contributed by atoms with Gasteiger partial charge < -0.3 is 14.6 Å². The van der Waals surface area contributed by atoms with Gasteiger partial charge in [0.2, 0.25) is 0 Å². The third-order valence-electron chi connectivity index (χ3n) is 3.82. The topological polar surface area (TPSA) is 38.7 Å². The van der Waals surface area contributed by atoms with Crippen molar-refractivity contribution in [1.82, 2.24) is 0 Å². The van der Waals surface area contributed by atoms with Gasteiger partial charge in [-0.15, -0.1) is 0 Å². The van der Waals surface area contributed by atoms with Crippen molar-refractivity contribution < 1.29 is 14.6 Å². The molecule has 0 bridgehead atoms. The van der Waals surface area contributed by atoms with E-state index in [1.54, 1.807) is 14.2 Å². The maximum atomic E-state index is 10.2. The predicted octanol–water partition coefficient (Wildman–Crippen LogP) is 2.30. The molecule has 1 N–H and O–H groups in total. The highest BCUT2D eigenvalue weighted by Gasteiger charge is 2.43. The van der Waals surface area contributed by atoms with Crippen LogP contribution >= 0.6 is 0 Å².